The van der Waals surface area contributed by atoms with E-state index < -0.39 is 59.9 Å². The number of aliphatic carboxylic acids is 1. The first-order chi connectivity index (χ1) is 11.0. The fourth-order valence-electron chi connectivity index (χ4n) is 1.77. The van der Waals surface area contributed by atoms with Gasteiger partial charge in [-0.1, -0.05) is 0 Å². The monoisotopic (exact) mass is 382 g/mol. The Bertz CT molecular complexity index is 698. The van der Waals surface area contributed by atoms with Gasteiger partial charge in [-0.3, -0.25) is 19.5 Å². The largest absolute Gasteiger partial charge is 0.499 e. The first kappa shape index (κ1) is 20.2. The van der Waals surface area contributed by atoms with Crippen molar-refractivity contribution in [3.05, 3.63) is 27.8 Å². The number of hydrogen-bond acceptors (Lipinski definition) is 9. The Balaban J connectivity index is 3.15. The van der Waals surface area contributed by atoms with Crippen LogP contribution in [0.3, 0.4) is 0 Å². The van der Waals surface area contributed by atoms with Gasteiger partial charge in [0.1, 0.15) is 6.04 Å². The summed E-state index contributed by atoms with van der Waals surface area (Å²) in [7, 11) is -4.37. The number of nitro benzene ring substituents is 1. The molecule has 0 fully saturated rings. The van der Waals surface area contributed by atoms with Crippen molar-refractivity contribution >= 4 is 31.9 Å². The number of carbonyl (C=O) groups is 1. The van der Waals surface area contributed by atoms with E-state index in [4.69, 9.17) is 10.8 Å². The van der Waals surface area contributed by atoms with Crippen molar-refractivity contribution in [2.24, 2.45) is 5.73 Å². The normalized spacial score (nSPS) is 16.0. The number of thiol groups is 1. The summed E-state index contributed by atoms with van der Waals surface area (Å²) in [5, 5.41) is 39.1. The molecule has 0 saturated carbocycles. The summed E-state index contributed by atoms with van der Waals surface area (Å²) in [6.45, 7) is 0. The number of benzene rings is 1. The van der Waals surface area contributed by atoms with Crippen molar-refractivity contribution in [1.82, 2.24) is 0 Å². The number of nitrogens with zero attached hydrogens (tertiary/aromatic N) is 1. The maximum atomic E-state index is 12.2. The van der Waals surface area contributed by atoms with Gasteiger partial charge in [0, 0.05) is 30.7 Å². The van der Waals surface area contributed by atoms with Gasteiger partial charge in [-0.2, -0.15) is 0 Å². The highest BCUT2D eigenvalue weighted by Crippen LogP contribution is 2.56. The zero-order chi connectivity index (χ0) is 18.7. The number of aliphatic hydroxyl groups is 1. The first-order valence-corrected chi connectivity index (χ1v) is 8.59. The SMILES string of the molecule is N[C@@H](CCP(=O)(O)C(O)c1cc(OS)c(O)c([N+](=O)[O-])c1)C(=O)O. The highest BCUT2D eigenvalue weighted by Gasteiger charge is 2.34. The van der Waals surface area contributed by atoms with Crippen molar-refractivity contribution in [3.8, 4) is 11.5 Å². The molecule has 3 atom stereocenters. The number of aromatic hydroxyl groups is 1. The predicted molar refractivity (Wildman–Crippen MR) is 84.3 cm³/mol. The maximum absolute atomic E-state index is 12.2. The van der Waals surface area contributed by atoms with Crippen LogP contribution >= 0.6 is 20.3 Å². The van der Waals surface area contributed by atoms with E-state index in [1.54, 1.807) is 0 Å². The number of carboxylic acids is 1. The second-order valence-electron chi connectivity index (χ2n) is 4.82. The van der Waals surface area contributed by atoms with E-state index in [0.717, 1.165) is 6.07 Å². The Hall–Kier alpha value is -1.85. The molecule has 0 bridgehead atoms. The van der Waals surface area contributed by atoms with E-state index in [2.05, 4.69) is 17.1 Å². The first-order valence-electron chi connectivity index (χ1n) is 6.32. The van der Waals surface area contributed by atoms with Gasteiger partial charge >= 0.3 is 11.7 Å². The molecule has 0 aliphatic heterocycles. The zero-order valence-corrected chi connectivity index (χ0v) is 13.8. The molecular weight excluding hydrogens is 367 g/mol. The average molecular weight is 382 g/mol. The lowest BCUT2D eigenvalue weighted by molar-refractivity contribution is -0.386. The zero-order valence-electron chi connectivity index (χ0n) is 12.0. The Labute approximate surface area is 140 Å². The Morgan fingerprint density at radius 3 is 2.54 bits per heavy atom. The van der Waals surface area contributed by atoms with Gasteiger partial charge in [-0.15, -0.1) is 0 Å². The predicted octanol–water partition coefficient (Wildman–Crippen LogP) is 0.587. The molecular formula is C11H15N2O9PS. The molecule has 1 rings (SSSR count). The number of phenolic OH excluding ortho intramolecular Hbond substituents is 1. The number of nitrogens with two attached hydrogens (primary N) is 1. The minimum absolute atomic E-state index is 0.377. The van der Waals surface area contributed by atoms with Crippen LogP contribution in [0.2, 0.25) is 0 Å². The third-order valence-corrected chi connectivity index (χ3v) is 5.29. The molecule has 0 amide bonds. The smallest absolute Gasteiger partial charge is 0.320 e. The molecule has 0 aromatic heterocycles. The molecule has 1 aromatic rings. The lowest BCUT2D eigenvalue weighted by atomic mass is 10.2. The van der Waals surface area contributed by atoms with Crippen LogP contribution in [0, 0.1) is 10.1 Å². The topological polar surface area (TPSA) is 193 Å². The second-order valence-corrected chi connectivity index (χ2v) is 7.45. The van der Waals surface area contributed by atoms with Crippen LogP contribution in [0.4, 0.5) is 5.69 Å². The van der Waals surface area contributed by atoms with Crippen LogP contribution in [0.1, 0.15) is 17.8 Å². The lowest BCUT2D eigenvalue weighted by Crippen LogP contribution is -2.31. The van der Waals surface area contributed by atoms with E-state index >= 15 is 0 Å². The van der Waals surface area contributed by atoms with Gasteiger partial charge in [-0.25, -0.2) is 0 Å². The van der Waals surface area contributed by atoms with Gasteiger partial charge in [0.15, 0.2) is 11.6 Å². The van der Waals surface area contributed by atoms with Gasteiger partial charge < -0.3 is 30.1 Å². The number of carboxylic acid groups (broad SMARTS) is 1. The Morgan fingerprint density at radius 1 is 1.50 bits per heavy atom. The third-order valence-electron chi connectivity index (χ3n) is 3.13. The van der Waals surface area contributed by atoms with Gasteiger partial charge in [0.2, 0.25) is 13.1 Å². The van der Waals surface area contributed by atoms with Gasteiger partial charge in [0.25, 0.3) is 0 Å². The fraction of sp³-hybridized carbons (Fsp3) is 0.364. The highest BCUT2D eigenvalue weighted by atomic mass is 32.1. The van der Waals surface area contributed by atoms with Crippen molar-refractivity contribution < 1.29 is 38.7 Å². The number of aliphatic hydroxyl groups excluding tert-OH is 1. The van der Waals surface area contributed by atoms with Crippen molar-refractivity contribution in [2.75, 3.05) is 6.16 Å². The van der Waals surface area contributed by atoms with Gasteiger partial charge in [0.05, 0.1) is 4.92 Å². The number of hydrogen-bond donors (Lipinski definition) is 6. The molecule has 0 saturated heterocycles. The molecule has 6 N–H and O–H groups in total. The van der Waals surface area contributed by atoms with E-state index in [9.17, 15) is 34.6 Å². The maximum Gasteiger partial charge on any atom is 0.320 e. The summed E-state index contributed by atoms with van der Waals surface area (Å²) in [4.78, 5) is 30.4. The van der Waals surface area contributed by atoms with Crippen LogP contribution in [-0.2, 0) is 9.36 Å². The Morgan fingerprint density at radius 2 is 2.08 bits per heavy atom. The summed E-state index contributed by atoms with van der Waals surface area (Å²) in [6.07, 6.45) is -1.02. The molecule has 0 spiro atoms. The molecule has 0 aliphatic carbocycles. The van der Waals surface area contributed by atoms with E-state index in [0.29, 0.717) is 6.07 Å². The molecule has 11 nitrogen and oxygen atoms in total. The molecule has 0 radical (unpaired) electrons. The van der Waals surface area contributed by atoms with Crippen molar-refractivity contribution in [2.45, 2.75) is 18.3 Å². The van der Waals surface area contributed by atoms with Crippen LogP contribution < -0.4 is 9.92 Å². The van der Waals surface area contributed by atoms with Crippen LogP contribution in [0.25, 0.3) is 0 Å². The van der Waals surface area contributed by atoms with Crippen LogP contribution in [-0.4, -0.2) is 43.3 Å². The second kappa shape index (κ2) is 7.81. The van der Waals surface area contributed by atoms with Crippen LogP contribution in [0.5, 0.6) is 11.5 Å². The van der Waals surface area contributed by atoms with Crippen molar-refractivity contribution in [1.29, 1.82) is 0 Å². The fourth-order valence-corrected chi connectivity index (χ4v) is 3.42. The lowest BCUT2D eigenvalue weighted by Gasteiger charge is -2.20. The Kier molecular flexibility index (Phi) is 6.58. The minimum Gasteiger partial charge on any atom is -0.499 e. The molecule has 0 heterocycles. The standard InChI is InChI=1S/C11H15N2O9PS/c12-6(10(15)16)1-2-23(20,21)11(17)5-3-7(13(18)19)9(14)8(4-5)22-24/h3-4,6,11,14,17,24H,1-2,12H2,(H,15,16)(H,20,21)/t6-,11?/m0/s1. The number of nitro groups is 1. The summed E-state index contributed by atoms with van der Waals surface area (Å²) < 4.78 is 16.6. The summed E-state index contributed by atoms with van der Waals surface area (Å²) in [5.41, 5.74) is 3.99. The quantitative estimate of drug-likeness (QED) is 0.122. The third kappa shape index (κ3) is 4.58. The molecule has 13 heteroatoms. The molecule has 134 valence electrons. The average Bonchev–Trinajstić information content (AvgIpc) is 2.51. The summed E-state index contributed by atoms with van der Waals surface area (Å²) in [5.74, 6) is -4.81. The molecule has 0 aliphatic rings. The number of rotatable bonds is 8. The number of phenols is 1. The molecule has 2 unspecified atom stereocenters. The van der Waals surface area contributed by atoms with E-state index in [1.165, 1.54) is 0 Å². The van der Waals surface area contributed by atoms with E-state index in [1.807, 2.05) is 0 Å². The highest BCUT2D eigenvalue weighted by molar-refractivity contribution is 7.75. The van der Waals surface area contributed by atoms with Gasteiger partial charge in [-0.05, 0) is 12.5 Å². The summed E-state index contributed by atoms with van der Waals surface area (Å²) >= 11 is 3.40. The van der Waals surface area contributed by atoms with E-state index in [-0.39, 0.29) is 5.56 Å². The summed E-state index contributed by atoms with van der Waals surface area (Å²) in [6, 6.07) is 0.208. The molecule has 1 aromatic carbocycles. The van der Waals surface area contributed by atoms with Crippen LogP contribution in [0.15, 0.2) is 12.1 Å². The minimum atomic E-state index is -4.37. The van der Waals surface area contributed by atoms with Crippen molar-refractivity contribution in [3.63, 3.8) is 0 Å². The molecule has 24 heavy (non-hydrogen) atoms.